The molecule has 6 nitrogen and oxygen atoms in total. The molecule has 156 valence electrons. The van der Waals surface area contributed by atoms with Crippen molar-refractivity contribution in [2.75, 3.05) is 38.0 Å². The van der Waals surface area contributed by atoms with Gasteiger partial charge >= 0.3 is 0 Å². The van der Waals surface area contributed by atoms with Crippen LogP contribution in [0, 0.1) is 17.5 Å². The molecule has 0 spiro atoms. The Hall–Kier alpha value is -2.43. The third kappa shape index (κ3) is 5.55. The Bertz CT molecular complexity index is 964. The first-order chi connectivity index (χ1) is 13.7. The van der Waals surface area contributed by atoms with Gasteiger partial charge in [0.1, 0.15) is 17.5 Å². The third-order valence-corrected chi connectivity index (χ3v) is 6.43. The van der Waals surface area contributed by atoms with Crippen LogP contribution in [0.4, 0.5) is 18.9 Å². The lowest BCUT2D eigenvalue weighted by atomic mass is 10.3. The topological polar surface area (TPSA) is 69.7 Å². The molecule has 2 aromatic rings. The number of hydrogen-bond acceptors (Lipinski definition) is 4. The minimum absolute atomic E-state index is 0.0122. The molecule has 1 saturated heterocycles. The van der Waals surface area contributed by atoms with Crippen molar-refractivity contribution in [2.45, 2.75) is 11.3 Å². The fourth-order valence-corrected chi connectivity index (χ4v) is 4.60. The number of anilines is 1. The molecule has 2 aromatic carbocycles. The van der Waals surface area contributed by atoms with Crippen molar-refractivity contribution in [1.82, 2.24) is 9.21 Å². The maximum absolute atomic E-state index is 13.2. The minimum Gasteiger partial charge on any atom is -0.325 e. The van der Waals surface area contributed by atoms with Crippen LogP contribution in [0.5, 0.6) is 0 Å². The molecule has 0 saturated carbocycles. The van der Waals surface area contributed by atoms with Gasteiger partial charge in [0.15, 0.2) is 0 Å². The second-order valence-corrected chi connectivity index (χ2v) is 8.63. The predicted octanol–water partition coefficient (Wildman–Crippen LogP) is 2.44. The maximum atomic E-state index is 13.2. The van der Waals surface area contributed by atoms with E-state index in [-0.39, 0.29) is 30.2 Å². The molecule has 0 bridgehead atoms. The van der Waals surface area contributed by atoms with Crippen LogP contribution in [0.2, 0.25) is 0 Å². The molecular formula is C19H20F3N3O3S. The lowest BCUT2D eigenvalue weighted by molar-refractivity contribution is -0.117. The number of sulfonamides is 1. The molecule has 0 aliphatic carbocycles. The summed E-state index contributed by atoms with van der Waals surface area (Å²) in [4.78, 5) is 14.0. The number of nitrogens with one attached hydrogen (secondary N) is 1. The van der Waals surface area contributed by atoms with Crippen molar-refractivity contribution in [3.63, 3.8) is 0 Å². The van der Waals surface area contributed by atoms with Gasteiger partial charge in [-0.15, -0.1) is 0 Å². The molecule has 1 aliphatic rings. The summed E-state index contributed by atoms with van der Waals surface area (Å²) in [6, 6.07) is 7.37. The lowest BCUT2D eigenvalue weighted by Crippen LogP contribution is -2.38. The zero-order chi connectivity index (χ0) is 21.0. The van der Waals surface area contributed by atoms with Gasteiger partial charge in [-0.2, -0.15) is 4.31 Å². The average molecular weight is 427 g/mol. The van der Waals surface area contributed by atoms with Crippen LogP contribution in [0.25, 0.3) is 0 Å². The number of carbonyl (C=O) groups is 1. The SMILES string of the molecule is O=C(CN1CCCN(S(=O)(=O)c2ccc(F)cc2)CC1)Nc1cc(F)cc(F)c1. The summed E-state index contributed by atoms with van der Waals surface area (Å²) in [6.45, 7) is 1.20. The molecule has 3 rings (SSSR count). The highest BCUT2D eigenvalue weighted by molar-refractivity contribution is 7.89. The first-order valence-electron chi connectivity index (χ1n) is 8.98. The molecule has 29 heavy (non-hydrogen) atoms. The lowest BCUT2D eigenvalue weighted by Gasteiger charge is -2.21. The number of rotatable bonds is 5. The van der Waals surface area contributed by atoms with Crippen molar-refractivity contribution >= 4 is 21.6 Å². The predicted molar refractivity (Wildman–Crippen MR) is 101 cm³/mol. The zero-order valence-electron chi connectivity index (χ0n) is 15.4. The molecule has 1 amide bonds. The van der Waals surface area contributed by atoms with Gasteiger partial charge in [-0.05, 0) is 49.4 Å². The van der Waals surface area contributed by atoms with Crippen LogP contribution in [0.1, 0.15) is 6.42 Å². The second kappa shape index (κ2) is 8.93. The second-order valence-electron chi connectivity index (χ2n) is 6.69. The van der Waals surface area contributed by atoms with Gasteiger partial charge in [0.25, 0.3) is 0 Å². The fraction of sp³-hybridized carbons (Fsp3) is 0.316. The normalized spacial score (nSPS) is 16.4. The number of amides is 1. The van der Waals surface area contributed by atoms with Crippen LogP contribution >= 0.6 is 0 Å². The van der Waals surface area contributed by atoms with E-state index in [4.69, 9.17) is 0 Å². The van der Waals surface area contributed by atoms with Crippen molar-refractivity contribution < 1.29 is 26.4 Å². The van der Waals surface area contributed by atoms with E-state index in [0.717, 1.165) is 24.3 Å². The van der Waals surface area contributed by atoms with E-state index in [0.29, 0.717) is 25.6 Å². The Morgan fingerprint density at radius 3 is 2.21 bits per heavy atom. The van der Waals surface area contributed by atoms with Crippen LogP contribution in [0.3, 0.4) is 0 Å². The average Bonchev–Trinajstić information content (AvgIpc) is 2.87. The Labute approximate surface area is 167 Å². The Morgan fingerprint density at radius 2 is 1.55 bits per heavy atom. The first kappa shape index (κ1) is 21.3. The smallest absolute Gasteiger partial charge is 0.243 e. The molecule has 0 radical (unpaired) electrons. The largest absolute Gasteiger partial charge is 0.325 e. The van der Waals surface area contributed by atoms with Gasteiger partial charge in [-0.3, -0.25) is 9.69 Å². The summed E-state index contributed by atoms with van der Waals surface area (Å²) < 4.78 is 66.3. The molecule has 1 heterocycles. The first-order valence-corrected chi connectivity index (χ1v) is 10.4. The molecule has 1 N–H and O–H groups in total. The van der Waals surface area contributed by atoms with Gasteiger partial charge in [0, 0.05) is 31.4 Å². The molecule has 0 atom stereocenters. The summed E-state index contributed by atoms with van der Waals surface area (Å²) in [5.74, 6) is -2.56. The van der Waals surface area contributed by atoms with E-state index in [2.05, 4.69) is 5.32 Å². The van der Waals surface area contributed by atoms with Crippen molar-refractivity contribution in [3.8, 4) is 0 Å². The summed E-state index contributed by atoms with van der Waals surface area (Å²) in [5.41, 5.74) is 0.0165. The minimum atomic E-state index is -3.76. The summed E-state index contributed by atoms with van der Waals surface area (Å²) in [6.07, 6.45) is 0.502. The summed E-state index contributed by atoms with van der Waals surface area (Å²) in [5, 5.41) is 2.44. The molecule has 0 unspecified atom stereocenters. The Kier molecular flexibility index (Phi) is 6.56. The number of carbonyl (C=O) groups excluding carboxylic acids is 1. The fourth-order valence-electron chi connectivity index (χ4n) is 3.13. The molecular weight excluding hydrogens is 407 g/mol. The van der Waals surface area contributed by atoms with Crippen molar-refractivity contribution in [1.29, 1.82) is 0 Å². The van der Waals surface area contributed by atoms with E-state index in [1.54, 1.807) is 4.90 Å². The summed E-state index contributed by atoms with van der Waals surface area (Å²) in [7, 11) is -3.76. The molecule has 0 aromatic heterocycles. The third-order valence-electron chi connectivity index (χ3n) is 4.51. The molecule has 1 aliphatic heterocycles. The van der Waals surface area contributed by atoms with E-state index in [9.17, 15) is 26.4 Å². The van der Waals surface area contributed by atoms with Gasteiger partial charge in [-0.1, -0.05) is 0 Å². The molecule has 10 heteroatoms. The van der Waals surface area contributed by atoms with E-state index in [1.165, 1.54) is 16.4 Å². The zero-order valence-corrected chi connectivity index (χ0v) is 16.3. The van der Waals surface area contributed by atoms with Gasteiger partial charge in [-0.25, -0.2) is 21.6 Å². The van der Waals surface area contributed by atoms with Crippen LogP contribution < -0.4 is 5.32 Å². The van der Waals surface area contributed by atoms with Crippen LogP contribution in [-0.4, -0.2) is 56.3 Å². The number of benzene rings is 2. The van der Waals surface area contributed by atoms with Crippen LogP contribution in [-0.2, 0) is 14.8 Å². The Balaban J connectivity index is 1.59. The number of hydrogen-bond donors (Lipinski definition) is 1. The van der Waals surface area contributed by atoms with E-state index >= 15 is 0 Å². The maximum Gasteiger partial charge on any atom is 0.243 e. The number of nitrogens with zero attached hydrogens (tertiary/aromatic N) is 2. The van der Waals surface area contributed by atoms with Crippen LogP contribution in [0.15, 0.2) is 47.4 Å². The molecule has 1 fully saturated rings. The standard InChI is InChI=1S/C19H20F3N3O3S/c20-14-2-4-18(5-3-14)29(27,28)25-7-1-6-24(8-9-25)13-19(26)23-17-11-15(21)10-16(22)12-17/h2-5,10-12H,1,6-9,13H2,(H,23,26). The summed E-state index contributed by atoms with van der Waals surface area (Å²) >= 11 is 0. The number of halogens is 3. The highest BCUT2D eigenvalue weighted by atomic mass is 32.2. The van der Waals surface area contributed by atoms with Gasteiger partial charge in [0.05, 0.1) is 11.4 Å². The Morgan fingerprint density at radius 1 is 0.897 bits per heavy atom. The van der Waals surface area contributed by atoms with E-state index in [1.807, 2.05) is 0 Å². The monoisotopic (exact) mass is 427 g/mol. The highest BCUT2D eigenvalue weighted by Gasteiger charge is 2.27. The van der Waals surface area contributed by atoms with E-state index < -0.39 is 33.4 Å². The van der Waals surface area contributed by atoms with Gasteiger partial charge < -0.3 is 5.32 Å². The highest BCUT2D eigenvalue weighted by Crippen LogP contribution is 2.18. The van der Waals surface area contributed by atoms with Crippen molar-refractivity contribution in [3.05, 3.63) is 59.9 Å². The van der Waals surface area contributed by atoms with Crippen molar-refractivity contribution in [2.24, 2.45) is 0 Å². The quantitative estimate of drug-likeness (QED) is 0.796. The van der Waals surface area contributed by atoms with Gasteiger partial charge in [0.2, 0.25) is 15.9 Å².